The highest BCUT2D eigenvalue weighted by Crippen LogP contribution is 2.25. The third kappa shape index (κ3) is 4.61. The molecule has 0 radical (unpaired) electrons. The average molecular weight is 362 g/mol. The Kier molecular flexibility index (Phi) is 6.25. The van der Waals surface area contributed by atoms with Gasteiger partial charge in [-0.1, -0.05) is 12.1 Å². The van der Waals surface area contributed by atoms with E-state index in [0.717, 1.165) is 37.9 Å². The van der Waals surface area contributed by atoms with E-state index in [2.05, 4.69) is 0 Å². The maximum Gasteiger partial charge on any atom is 0.227 e. The molecule has 2 amide bonds. The molecular weight excluding hydrogens is 335 g/mol. The first-order valence-electron chi connectivity index (χ1n) is 9.48. The highest BCUT2D eigenvalue weighted by molar-refractivity contribution is 5.84. The van der Waals surface area contributed by atoms with Crippen molar-refractivity contribution in [1.82, 2.24) is 9.80 Å². The van der Waals surface area contributed by atoms with Crippen molar-refractivity contribution in [3.05, 3.63) is 35.6 Å². The zero-order chi connectivity index (χ0) is 18.5. The summed E-state index contributed by atoms with van der Waals surface area (Å²) in [5.41, 5.74) is 0.747. The third-order valence-corrected chi connectivity index (χ3v) is 5.58. The summed E-state index contributed by atoms with van der Waals surface area (Å²) < 4.78 is 13.4. The molecule has 1 N–H and O–H groups in total. The number of aliphatic hydroxyl groups excluding tert-OH is 1. The number of rotatable bonds is 5. The Bertz CT molecular complexity index is 644. The van der Waals surface area contributed by atoms with Gasteiger partial charge in [0.2, 0.25) is 11.8 Å². The lowest BCUT2D eigenvalue weighted by Crippen LogP contribution is -2.48. The van der Waals surface area contributed by atoms with E-state index in [-0.39, 0.29) is 30.2 Å². The molecule has 2 aliphatic heterocycles. The van der Waals surface area contributed by atoms with Crippen LogP contribution in [0.25, 0.3) is 0 Å². The quantitative estimate of drug-likeness (QED) is 0.873. The van der Waals surface area contributed by atoms with Gasteiger partial charge in [0.1, 0.15) is 5.82 Å². The van der Waals surface area contributed by atoms with Gasteiger partial charge < -0.3 is 14.9 Å². The van der Waals surface area contributed by atoms with Crippen molar-refractivity contribution in [3.63, 3.8) is 0 Å². The van der Waals surface area contributed by atoms with Gasteiger partial charge in [0.15, 0.2) is 0 Å². The largest absolute Gasteiger partial charge is 0.396 e. The van der Waals surface area contributed by atoms with Crippen molar-refractivity contribution in [1.29, 1.82) is 0 Å². The lowest BCUT2D eigenvalue weighted by atomic mass is 9.91. The van der Waals surface area contributed by atoms with E-state index in [1.54, 1.807) is 17.0 Å². The minimum Gasteiger partial charge on any atom is -0.396 e. The summed E-state index contributed by atoms with van der Waals surface area (Å²) in [5, 5.41) is 9.05. The van der Waals surface area contributed by atoms with Gasteiger partial charge in [0.25, 0.3) is 0 Å². The lowest BCUT2D eigenvalue weighted by Gasteiger charge is -2.37. The molecule has 5 nitrogen and oxygen atoms in total. The Morgan fingerprint density at radius 3 is 2.69 bits per heavy atom. The number of piperidine rings is 2. The second-order valence-electron chi connectivity index (χ2n) is 7.42. The molecule has 2 saturated heterocycles. The molecule has 1 atom stereocenters. The Hall–Kier alpha value is -1.95. The number of likely N-dealkylation sites (tertiary alicyclic amines) is 2. The molecule has 6 heteroatoms. The zero-order valence-electron chi connectivity index (χ0n) is 15.1. The van der Waals surface area contributed by atoms with E-state index in [9.17, 15) is 14.0 Å². The molecule has 26 heavy (non-hydrogen) atoms. The van der Waals surface area contributed by atoms with Crippen LogP contribution in [0.4, 0.5) is 4.39 Å². The van der Waals surface area contributed by atoms with Crippen molar-refractivity contribution in [2.45, 2.75) is 38.6 Å². The van der Waals surface area contributed by atoms with Crippen LogP contribution >= 0.6 is 0 Å². The topological polar surface area (TPSA) is 60.9 Å². The van der Waals surface area contributed by atoms with Gasteiger partial charge in [-0.25, -0.2) is 4.39 Å². The van der Waals surface area contributed by atoms with Crippen LogP contribution in [0.3, 0.4) is 0 Å². The van der Waals surface area contributed by atoms with Gasteiger partial charge in [-0.3, -0.25) is 9.59 Å². The molecule has 1 aromatic carbocycles. The predicted octanol–water partition coefficient (Wildman–Crippen LogP) is 2.19. The Morgan fingerprint density at radius 2 is 2.00 bits per heavy atom. The summed E-state index contributed by atoms with van der Waals surface area (Å²) in [7, 11) is 0. The molecule has 2 heterocycles. The van der Waals surface area contributed by atoms with Gasteiger partial charge in [-0.2, -0.15) is 0 Å². The highest BCUT2D eigenvalue weighted by Gasteiger charge is 2.34. The van der Waals surface area contributed by atoms with Crippen molar-refractivity contribution >= 4 is 11.8 Å². The van der Waals surface area contributed by atoms with Crippen LogP contribution in [-0.2, 0) is 16.1 Å². The van der Waals surface area contributed by atoms with Gasteiger partial charge in [-0.05, 0) is 49.3 Å². The van der Waals surface area contributed by atoms with Gasteiger partial charge in [-0.15, -0.1) is 0 Å². The Balaban J connectivity index is 1.57. The second kappa shape index (κ2) is 8.62. The fraction of sp³-hybridized carbons (Fsp3) is 0.600. The Labute approximate surface area is 153 Å². The minimum absolute atomic E-state index is 0.0277. The molecular formula is C20H27FN2O3. The van der Waals surface area contributed by atoms with Crippen molar-refractivity contribution in [2.75, 3.05) is 26.2 Å². The van der Waals surface area contributed by atoms with Crippen LogP contribution < -0.4 is 0 Å². The van der Waals surface area contributed by atoms with E-state index in [4.69, 9.17) is 5.11 Å². The van der Waals surface area contributed by atoms with Gasteiger partial charge in [0.05, 0.1) is 5.92 Å². The average Bonchev–Trinajstić information content (AvgIpc) is 2.64. The van der Waals surface area contributed by atoms with Crippen LogP contribution in [0.15, 0.2) is 24.3 Å². The normalized spacial score (nSPS) is 21.9. The number of carbonyl (C=O) groups is 2. The minimum atomic E-state index is -0.315. The van der Waals surface area contributed by atoms with Crippen LogP contribution in [0.1, 0.15) is 37.7 Å². The molecule has 0 aromatic heterocycles. The molecule has 0 bridgehead atoms. The molecule has 2 fully saturated rings. The van der Waals surface area contributed by atoms with E-state index in [1.807, 2.05) is 4.90 Å². The molecule has 3 rings (SSSR count). The van der Waals surface area contributed by atoms with E-state index < -0.39 is 0 Å². The second-order valence-corrected chi connectivity index (χ2v) is 7.42. The first-order chi connectivity index (χ1) is 12.6. The van der Waals surface area contributed by atoms with E-state index in [1.165, 1.54) is 12.1 Å². The maximum absolute atomic E-state index is 13.4. The lowest BCUT2D eigenvalue weighted by molar-refractivity contribution is -0.144. The third-order valence-electron chi connectivity index (χ3n) is 5.58. The number of carbonyl (C=O) groups excluding carboxylic acids is 2. The van der Waals surface area contributed by atoms with Gasteiger partial charge in [0, 0.05) is 39.2 Å². The molecule has 142 valence electrons. The summed E-state index contributed by atoms with van der Waals surface area (Å²) in [6.07, 6.45) is 3.64. The van der Waals surface area contributed by atoms with Crippen LogP contribution in [0.2, 0.25) is 0 Å². The number of nitrogens with zero attached hydrogens (tertiary/aromatic N) is 2. The van der Waals surface area contributed by atoms with Crippen molar-refractivity contribution in [3.8, 4) is 0 Å². The fourth-order valence-corrected chi connectivity index (χ4v) is 4.01. The monoisotopic (exact) mass is 362 g/mol. The first kappa shape index (κ1) is 18.8. The van der Waals surface area contributed by atoms with Crippen molar-refractivity contribution < 1.29 is 19.1 Å². The van der Waals surface area contributed by atoms with Crippen LogP contribution in [-0.4, -0.2) is 53.0 Å². The summed E-state index contributed by atoms with van der Waals surface area (Å²) in [6, 6.07) is 6.25. The molecule has 0 unspecified atom stereocenters. The zero-order valence-corrected chi connectivity index (χ0v) is 15.1. The molecule has 2 aliphatic rings. The summed E-state index contributed by atoms with van der Waals surface area (Å²) in [4.78, 5) is 28.7. The van der Waals surface area contributed by atoms with Gasteiger partial charge >= 0.3 is 0 Å². The maximum atomic E-state index is 13.4. The Morgan fingerprint density at radius 1 is 1.23 bits per heavy atom. The molecule has 1 aromatic rings. The summed E-state index contributed by atoms with van der Waals surface area (Å²) in [6.45, 7) is 2.43. The number of hydrogen-bond acceptors (Lipinski definition) is 3. The number of hydrogen-bond donors (Lipinski definition) is 1. The first-order valence-corrected chi connectivity index (χ1v) is 9.48. The number of amides is 2. The molecule has 0 aliphatic carbocycles. The summed E-state index contributed by atoms with van der Waals surface area (Å²) in [5.74, 6) is 0.173. The van der Waals surface area contributed by atoms with E-state index in [0.29, 0.717) is 31.8 Å². The SMILES string of the molecule is O=C1CC[C@@H](C(=O)N2CCC(CCO)CC2)CN1Cc1cccc(F)c1. The number of halogens is 1. The van der Waals surface area contributed by atoms with Crippen molar-refractivity contribution in [2.24, 2.45) is 11.8 Å². The molecule has 0 spiro atoms. The standard InChI is InChI=1S/C20H27FN2O3/c21-18-3-1-2-16(12-18)13-23-14-17(4-5-19(23)25)20(26)22-9-6-15(7-10-22)8-11-24/h1-3,12,15,17,24H,4-11,13-14H2/t17-/m1/s1. The van der Waals surface area contributed by atoms with Crippen LogP contribution in [0.5, 0.6) is 0 Å². The van der Waals surface area contributed by atoms with Crippen LogP contribution in [0, 0.1) is 17.7 Å². The predicted molar refractivity (Wildman–Crippen MR) is 95.5 cm³/mol. The summed E-state index contributed by atoms with van der Waals surface area (Å²) >= 11 is 0. The fourth-order valence-electron chi connectivity index (χ4n) is 4.01. The highest BCUT2D eigenvalue weighted by atomic mass is 19.1. The molecule has 0 saturated carbocycles. The number of benzene rings is 1. The van der Waals surface area contributed by atoms with E-state index >= 15 is 0 Å². The smallest absolute Gasteiger partial charge is 0.227 e. The number of aliphatic hydroxyl groups is 1.